The molecule has 0 spiro atoms. The molecule has 1 aliphatic heterocycles. The molecular weight excluding hydrogens is 533 g/mol. The fourth-order valence-corrected chi connectivity index (χ4v) is 5.16. The van der Waals surface area contributed by atoms with Gasteiger partial charge in [-0.25, -0.2) is 4.39 Å². The molecule has 1 aliphatic rings. The van der Waals surface area contributed by atoms with Crippen LogP contribution in [0.15, 0.2) is 66.9 Å². The number of ether oxygens (including phenoxy) is 3. The van der Waals surface area contributed by atoms with Crippen LogP contribution in [0.25, 0.3) is 10.9 Å². The van der Waals surface area contributed by atoms with Crippen molar-refractivity contribution in [2.45, 2.75) is 39.0 Å². The number of hydrogen-bond donors (Lipinski definition) is 2. The Balaban J connectivity index is 1.26. The summed E-state index contributed by atoms with van der Waals surface area (Å²) in [7, 11) is 1.60. The molecular formula is C34H40FN3O4. The summed E-state index contributed by atoms with van der Waals surface area (Å²) in [5.74, 6) is 2.08. The first-order chi connectivity index (χ1) is 20.2. The highest BCUT2D eigenvalue weighted by atomic mass is 19.1. The molecule has 0 atom stereocenters. The number of hydrogen-bond acceptors (Lipinski definition) is 7. The van der Waals surface area contributed by atoms with Crippen LogP contribution in [0.5, 0.6) is 23.0 Å². The number of likely N-dealkylation sites (tertiary alicyclic amines) is 1. The summed E-state index contributed by atoms with van der Waals surface area (Å²) in [5, 5.41) is 13.2. The van der Waals surface area contributed by atoms with Crippen LogP contribution in [0.1, 0.15) is 39.2 Å². The monoisotopic (exact) mass is 573 g/mol. The van der Waals surface area contributed by atoms with E-state index in [-0.39, 0.29) is 12.0 Å². The Morgan fingerprint density at radius 2 is 1.74 bits per heavy atom. The Morgan fingerprint density at radius 1 is 0.976 bits per heavy atom. The number of rotatable bonds is 10. The van der Waals surface area contributed by atoms with Gasteiger partial charge in [0.25, 0.3) is 0 Å². The molecule has 1 aromatic heterocycles. The van der Waals surface area contributed by atoms with E-state index in [1.54, 1.807) is 31.5 Å². The Kier molecular flexibility index (Phi) is 9.14. The zero-order valence-electron chi connectivity index (χ0n) is 24.8. The maximum atomic E-state index is 15.1. The van der Waals surface area contributed by atoms with E-state index in [0.29, 0.717) is 46.7 Å². The first kappa shape index (κ1) is 29.6. The van der Waals surface area contributed by atoms with Gasteiger partial charge in [0.05, 0.1) is 18.3 Å². The van der Waals surface area contributed by atoms with Crippen molar-refractivity contribution < 1.29 is 23.7 Å². The van der Waals surface area contributed by atoms with E-state index in [2.05, 4.69) is 48.1 Å². The van der Waals surface area contributed by atoms with E-state index in [4.69, 9.17) is 14.2 Å². The molecule has 0 bridgehead atoms. The number of methoxy groups -OCH3 is 1. The third kappa shape index (κ3) is 7.12. The minimum Gasteiger partial charge on any atom is -0.493 e. The molecule has 0 saturated carbocycles. The molecule has 42 heavy (non-hydrogen) atoms. The second kappa shape index (κ2) is 13.0. The molecule has 3 aromatic carbocycles. The van der Waals surface area contributed by atoms with Gasteiger partial charge in [0.2, 0.25) is 0 Å². The molecule has 7 nitrogen and oxygen atoms in total. The highest BCUT2D eigenvalue weighted by Gasteiger charge is 2.19. The van der Waals surface area contributed by atoms with Crippen molar-refractivity contribution >= 4 is 22.3 Å². The maximum absolute atomic E-state index is 15.1. The molecule has 0 radical (unpaired) electrons. The van der Waals surface area contributed by atoms with Gasteiger partial charge in [-0.2, -0.15) is 0 Å². The van der Waals surface area contributed by atoms with Gasteiger partial charge in [-0.3, -0.25) is 9.88 Å². The molecule has 2 N–H and O–H groups in total. The standard InChI is InChI=1S/C34H40FN3O4/c1-34(2,3)24-5-7-25(8-6-24)37-29-10-9-26(19-28(29)35)42-31-11-14-36-30-21-33(32(40-4)20-27(30)31)41-18-17-38-15-12-23(22-39)13-16-38/h5-11,14,19-21,23,37,39H,12-13,15-18,22H2,1-4H3. The topological polar surface area (TPSA) is 76.1 Å². The average molecular weight is 574 g/mol. The summed E-state index contributed by atoms with van der Waals surface area (Å²) in [6.07, 6.45) is 3.68. The molecule has 2 heterocycles. The minimum absolute atomic E-state index is 0.0531. The lowest BCUT2D eigenvalue weighted by Crippen LogP contribution is -2.37. The number of fused-ring (bicyclic) bond motifs is 1. The predicted octanol–water partition coefficient (Wildman–Crippen LogP) is 7.30. The number of nitrogens with zero attached hydrogens (tertiary/aromatic N) is 2. The zero-order valence-corrected chi connectivity index (χ0v) is 24.8. The van der Waals surface area contributed by atoms with E-state index in [1.165, 1.54) is 11.6 Å². The Bertz CT molecular complexity index is 1500. The first-order valence-electron chi connectivity index (χ1n) is 14.5. The van der Waals surface area contributed by atoms with Gasteiger partial charge in [-0.05, 0) is 79.2 Å². The average Bonchev–Trinajstić information content (AvgIpc) is 2.98. The van der Waals surface area contributed by atoms with Crippen molar-refractivity contribution in [3.8, 4) is 23.0 Å². The number of halogens is 1. The molecule has 1 fully saturated rings. The van der Waals surface area contributed by atoms with Crippen molar-refractivity contribution in [1.82, 2.24) is 9.88 Å². The third-order valence-electron chi connectivity index (χ3n) is 7.82. The van der Waals surface area contributed by atoms with Crippen LogP contribution >= 0.6 is 0 Å². The molecule has 0 unspecified atom stereocenters. The number of piperidine rings is 1. The summed E-state index contributed by atoms with van der Waals surface area (Å²) in [5.41, 5.74) is 3.13. The zero-order chi connectivity index (χ0) is 29.7. The van der Waals surface area contributed by atoms with Crippen LogP contribution in [0.4, 0.5) is 15.8 Å². The lowest BCUT2D eigenvalue weighted by Gasteiger charge is -2.30. The summed E-state index contributed by atoms with van der Waals surface area (Å²) < 4.78 is 32.9. The number of pyridine rings is 1. The van der Waals surface area contributed by atoms with E-state index in [1.807, 2.05) is 24.3 Å². The van der Waals surface area contributed by atoms with Gasteiger partial charge in [0.15, 0.2) is 11.5 Å². The number of anilines is 2. The lowest BCUT2D eigenvalue weighted by atomic mass is 9.87. The van der Waals surface area contributed by atoms with Crippen LogP contribution in [-0.4, -0.2) is 54.9 Å². The van der Waals surface area contributed by atoms with Crippen LogP contribution in [0, 0.1) is 11.7 Å². The molecule has 4 aromatic rings. The Hall–Kier alpha value is -3.88. The molecule has 8 heteroatoms. The van der Waals surface area contributed by atoms with Crippen molar-refractivity contribution in [1.29, 1.82) is 0 Å². The van der Waals surface area contributed by atoms with Crippen LogP contribution in [0.3, 0.4) is 0 Å². The van der Waals surface area contributed by atoms with E-state index in [9.17, 15) is 5.11 Å². The molecule has 0 aliphatic carbocycles. The quantitative estimate of drug-likeness (QED) is 0.206. The normalized spacial score (nSPS) is 14.6. The van der Waals surface area contributed by atoms with Gasteiger partial charge in [0.1, 0.15) is 23.9 Å². The fourth-order valence-electron chi connectivity index (χ4n) is 5.16. The van der Waals surface area contributed by atoms with Gasteiger partial charge in [0, 0.05) is 42.6 Å². The van der Waals surface area contributed by atoms with Crippen molar-refractivity contribution in [2.24, 2.45) is 5.92 Å². The Labute approximate surface area is 247 Å². The molecule has 5 rings (SSSR count). The van der Waals surface area contributed by atoms with Crippen LogP contribution in [0.2, 0.25) is 0 Å². The lowest BCUT2D eigenvalue weighted by molar-refractivity contribution is 0.118. The van der Waals surface area contributed by atoms with E-state index < -0.39 is 5.82 Å². The largest absolute Gasteiger partial charge is 0.493 e. The summed E-state index contributed by atoms with van der Waals surface area (Å²) in [4.78, 5) is 6.85. The van der Waals surface area contributed by atoms with Crippen molar-refractivity contribution in [3.05, 3.63) is 78.2 Å². The fraction of sp³-hybridized carbons (Fsp3) is 0.382. The predicted molar refractivity (Wildman–Crippen MR) is 165 cm³/mol. The summed E-state index contributed by atoms with van der Waals surface area (Å²) >= 11 is 0. The van der Waals surface area contributed by atoms with Gasteiger partial charge in [-0.1, -0.05) is 32.9 Å². The molecule has 0 amide bonds. The van der Waals surface area contributed by atoms with Gasteiger partial charge < -0.3 is 24.6 Å². The van der Waals surface area contributed by atoms with Gasteiger partial charge in [-0.15, -0.1) is 0 Å². The molecule has 222 valence electrons. The van der Waals surface area contributed by atoms with E-state index >= 15 is 4.39 Å². The number of aliphatic hydroxyl groups excluding tert-OH is 1. The third-order valence-corrected chi connectivity index (χ3v) is 7.82. The summed E-state index contributed by atoms with van der Waals surface area (Å²) in [6.45, 7) is 10.00. The Morgan fingerprint density at radius 3 is 2.40 bits per heavy atom. The number of nitrogens with one attached hydrogen (secondary N) is 1. The first-order valence-corrected chi connectivity index (χ1v) is 14.5. The SMILES string of the molecule is COc1cc2c(Oc3ccc(Nc4ccc(C(C)(C)C)cc4)c(F)c3)ccnc2cc1OCCN1CCC(CO)CC1. The second-order valence-corrected chi connectivity index (χ2v) is 11.8. The van der Waals surface area contributed by atoms with E-state index in [0.717, 1.165) is 43.5 Å². The highest BCUT2D eigenvalue weighted by molar-refractivity contribution is 5.88. The number of aliphatic hydroxyl groups is 1. The minimum atomic E-state index is -0.417. The second-order valence-electron chi connectivity index (χ2n) is 11.8. The van der Waals surface area contributed by atoms with Crippen LogP contribution < -0.4 is 19.5 Å². The molecule has 1 saturated heterocycles. The highest BCUT2D eigenvalue weighted by Crippen LogP contribution is 2.38. The smallest absolute Gasteiger partial charge is 0.163 e. The van der Waals surface area contributed by atoms with Gasteiger partial charge >= 0.3 is 0 Å². The number of aromatic nitrogens is 1. The van der Waals surface area contributed by atoms with Crippen LogP contribution in [-0.2, 0) is 5.41 Å². The maximum Gasteiger partial charge on any atom is 0.163 e. The summed E-state index contributed by atoms with van der Waals surface area (Å²) in [6, 6.07) is 18.2. The van der Waals surface area contributed by atoms with Crippen molar-refractivity contribution in [2.75, 3.05) is 45.3 Å². The van der Waals surface area contributed by atoms with Crippen molar-refractivity contribution in [3.63, 3.8) is 0 Å². The number of benzene rings is 3.